The second kappa shape index (κ2) is 6.91. The van der Waals surface area contributed by atoms with Crippen molar-refractivity contribution in [2.45, 2.75) is 17.4 Å². The first-order valence-corrected chi connectivity index (χ1v) is 8.27. The fourth-order valence-electron chi connectivity index (χ4n) is 1.88. The minimum Gasteiger partial charge on any atom is -0.548 e. The van der Waals surface area contributed by atoms with Gasteiger partial charge < -0.3 is 9.90 Å². The topological polar surface area (TPSA) is 86.3 Å². The Bertz CT molecular complexity index is 745. The van der Waals surface area contributed by atoms with Gasteiger partial charge >= 0.3 is 0 Å². The molecule has 0 bridgehead atoms. The summed E-state index contributed by atoms with van der Waals surface area (Å²) in [7, 11) is -3.93. The number of hydrogen-bond acceptors (Lipinski definition) is 4. The van der Waals surface area contributed by atoms with Gasteiger partial charge in [-0.25, -0.2) is 13.1 Å². The molecule has 0 radical (unpaired) electrons. The molecule has 0 aliphatic heterocycles. The largest absolute Gasteiger partial charge is 0.548 e. The maximum Gasteiger partial charge on any atom is 0.241 e. The Balaban J connectivity index is 2.19. The highest BCUT2D eigenvalue weighted by molar-refractivity contribution is 7.89. The van der Waals surface area contributed by atoms with E-state index < -0.39 is 22.0 Å². The molecule has 0 aromatic heterocycles. The quantitative estimate of drug-likeness (QED) is 0.850. The Morgan fingerprint density at radius 3 is 2.23 bits per heavy atom. The van der Waals surface area contributed by atoms with Gasteiger partial charge in [0.1, 0.15) is 0 Å². The molecule has 1 N–H and O–H groups in total. The first kappa shape index (κ1) is 16.5. The molecule has 2 aromatic rings. The molecular formula is C15H13ClNO4S-. The Kier molecular flexibility index (Phi) is 5.18. The highest BCUT2D eigenvalue weighted by Crippen LogP contribution is 2.13. The average Bonchev–Trinajstić information content (AvgIpc) is 2.49. The first-order valence-electron chi connectivity index (χ1n) is 6.41. The van der Waals surface area contributed by atoms with E-state index in [-0.39, 0.29) is 11.3 Å². The van der Waals surface area contributed by atoms with Crippen molar-refractivity contribution >= 4 is 27.6 Å². The summed E-state index contributed by atoms with van der Waals surface area (Å²) in [4.78, 5) is 11.2. The Morgan fingerprint density at radius 2 is 1.68 bits per heavy atom. The third-order valence-corrected chi connectivity index (χ3v) is 4.73. The molecule has 2 aromatic carbocycles. The van der Waals surface area contributed by atoms with Crippen molar-refractivity contribution < 1.29 is 18.3 Å². The summed E-state index contributed by atoms with van der Waals surface area (Å²) in [6.45, 7) is 0. The van der Waals surface area contributed by atoms with Crippen molar-refractivity contribution in [3.63, 3.8) is 0 Å². The molecule has 0 unspecified atom stereocenters. The molecular weight excluding hydrogens is 326 g/mol. The van der Waals surface area contributed by atoms with Crippen molar-refractivity contribution in [1.82, 2.24) is 4.72 Å². The van der Waals surface area contributed by atoms with E-state index in [1.54, 1.807) is 42.5 Å². The number of aliphatic carboxylic acids is 1. The number of halogens is 1. The van der Waals surface area contributed by atoms with Gasteiger partial charge in [-0.3, -0.25) is 0 Å². The SMILES string of the molecule is O=C([O-])[C@H](Cc1ccc(Cl)cc1)NS(=O)(=O)c1ccccc1. The number of hydrogen-bond donors (Lipinski definition) is 1. The average molecular weight is 339 g/mol. The highest BCUT2D eigenvalue weighted by Gasteiger charge is 2.21. The number of carbonyl (C=O) groups is 1. The Labute approximate surface area is 133 Å². The predicted molar refractivity (Wildman–Crippen MR) is 80.7 cm³/mol. The molecule has 22 heavy (non-hydrogen) atoms. The lowest BCUT2D eigenvalue weighted by atomic mass is 10.1. The van der Waals surface area contributed by atoms with Gasteiger partial charge in [0.2, 0.25) is 10.0 Å². The number of carboxylic acid groups (broad SMARTS) is 1. The number of nitrogens with one attached hydrogen (secondary N) is 1. The number of carboxylic acids is 1. The molecule has 0 saturated heterocycles. The molecule has 1 atom stereocenters. The Morgan fingerprint density at radius 1 is 1.09 bits per heavy atom. The third kappa shape index (κ3) is 4.30. The third-order valence-electron chi connectivity index (χ3n) is 2.99. The van der Waals surface area contributed by atoms with Crippen molar-refractivity contribution in [3.05, 3.63) is 65.2 Å². The van der Waals surface area contributed by atoms with E-state index >= 15 is 0 Å². The van der Waals surface area contributed by atoms with Crippen molar-refractivity contribution in [2.75, 3.05) is 0 Å². The van der Waals surface area contributed by atoms with Crippen LogP contribution in [0.15, 0.2) is 59.5 Å². The van der Waals surface area contributed by atoms with Gasteiger partial charge in [-0.1, -0.05) is 41.9 Å². The fourth-order valence-corrected chi connectivity index (χ4v) is 3.22. The number of rotatable bonds is 6. The predicted octanol–water partition coefficient (Wildman–Crippen LogP) is 0.979. The standard InChI is InChI=1S/C15H14ClNO4S/c16-12-8-6-11(7-9-12)10-14(15(18)19)17-22(20,21)13-4-2-1-3-5-13/h1-9,14,17H,10H2,(H,18,19)/p-1/t14-/m0/s1. The Hall–Kier alpha value is -1.89. The van der Waals surface area contributed by atoms with Gasteiger partial charge in [-0.05, 0) is 36.2 Å². The molecule has 0 saturated carbocycles. The summed E-state index contributed by atoms with van der Waals surface area (Å²) in [5.74, 6) is -1.49. The zero-order valence-electron chi connectivity index (χ0n) is 11.4. The fraction of sp³-hybridized carbons (Fsp3) is 0.133. The highest BCUT2D eigenvalue weighted by atomic mass is 35.5. The molecule has 5 nitrogen and oxygen atoms in total. The number of benzene rings is 2. The second-order valence-electron chi connectivity index (χ2n) is 4.64. The molecule has 0 amide bonds. The minimum atomic E-state index is -3.93. The van der Waals surface area contributed by atoms with E-state index in [1.165, 1.54) is 12.1 Å². The number of sulfonamides is 1. The van der Waals surface area contributed by atoms with Crippen LogP contribution >= 0.6 is 11.6 Å². The summed E-state index contributed by atoms with van der Waals surface area (Å²) in [5.41, 5.74) is 0.634. The summed E-state index contributed by atoms with van der Waals surface area (Å²) in [6.07, 6.45) is -0.0361. The van der Waals surface area contributed by atoms with Crippen LogP contribution in [0.25, 0.3) is 0 Å². The zero-order valence-corrected chi connectivity index (χ0v) is 13.0. The van der Waals surface area contributed by atoms with Crippen LogP contribution in [0.1, 0.15) is 5.56 Å². The van der Waals surface area contributed by atoms with E-state index in [1.807, 2.05) is 0 Å². The molecule has 0 heterocycles. The van der Waals surface area contributed by atoms with Crippen molar-refractivity contribution in [3.8, 4) is 0 Å². The molecule has 0 spiro atoms. The smallest absolute Gasteiger partial charge is 0.241 e. The summed E-state index contributed by atoms with van der Waals surface area (Å²) in [5, 5.41) is 11.7. The normalized spacial score (nSPS) is 12.8. The van der Waals surface area contributed by atoms with E-state index in [0.717, 1.165) is 0 Å². The lowest BCUT2D eigenvalue weighted by Gasteiger charge is -2.20. The van der Waals surface area contributed by atoms with Gasteiger partial charge in [0.15, 0.2) is 0 Å². The summed E-state index contributed by atoms with van der Waals surface area (Å²) in [6, 6.07) is 12.7. The minimum absolute atomic E-state index is 0.00245. The van der Waals surface area contributed by atoms with Crippen molar-refractivity contribution in [1.29, 1.82) is 0 Å². The van der Waals surface area contributed by atoms with Gasteiger partial charge in [0, 0.05) is 5.02 Å². The lowest BCUT2D eigenvalue weighted by Crippen LogP contribution is -2.49. The number of carbonyl (C=O) groups excluding carboxylic acids is 1. The molecule has 0 fully saturated rings. The zero-order chi connectivity index (χ0) is 16.2. The van der Waals surface area contributed by atoms with E-state index in [2.05, 4.69) is 4.72 Å². The van der Waals surface area contributed by atoms with Crippen LogP contribution in [-0.2, 0) is 21.2 Å². The van der Waals surface area contributed by atoms with E-state index in [9.17, 15) is 18.3 Å². The molecule has 0 aliphatic carbocycles. The van der Waals surface area contributed by atoms with Crippen LogP contribution in [0, 0.1) is 0 Å². The van der Waals surface area contributed by atoms with Gasteiger partial charge in [-0.15, -0.1) is 0 Å². The van der Waals surface area contributed by atoms with Crippen LogP contribution in [0.3, 0.4) is 0 Å². The van der Waals surface area contributed by atoms with E-state index in [4.69, 9.17) is 11.6 Å². The monoisotopic (exact) mass is 338 g/mol. The van der Waals surface area contributed by atoms with Crippen LogP contribution in [0.4, 0.5) is 0 Å². The maximum absolute atomic E-state index is 12.2. The lowest BCUT2D eigenvalue weighted by molar-refractivity contribution is -0.307. The van der Waals surface area contributed by atoms with Gasteiger partial charge in [0.25, 0.3) is 0 Å². The molecule has 2 rings (SSSR count). The maximum atomic E-state index is 12.2. The van der Waals surface area contributed by atoms with Gasteiger partial charge in [-0.2, -0.15) is 0 Å². The van der Waals surface area contributed by atoms with Crippen LogP contribution in [-0.4, -0.2) is 20.4 Å². The second-order valence-corrected chi connectivity index (χ2v) is 6.79. The molecule has 0 aliphatic rings. The molecule has 116 valence electrons. The van der Waals surface area contributed by atoms with Crippen molar-refractivity contribution in [2.24, 2.45) is 0 Å². The molecule has 7 heteroatoms. The van der Waals surface area contributed by atoms with Crippen LogP contribution < -0.4 is 9.83 Å². The van der Waals surface area contributed by atoms with Crippen LogP contribution in [0.2, 0.25) is 5.02 Å². The first-order chi connectivity index (χ1) is 10.4. The summed E-state index contributed by atoms with van der Waals surface area (Å²) >= 11 is 5.76. The van der Waals surface area contributed by atoms with Crippen LogP contribution in [0.5, 0.6) is 0 Å². The van der Waals surface area contributed by atoms with E-state index in [0.29, 0.717) is 10.6 Å². The summed E-state index contributed by atoms with van der Waals surface area (Å²) < 4.78 is 26.5. The van der Waals surface area contributed by atoms with Gasteiger partial charge in [0.05, 0.1) is 16.9 Å².